The van der Waals surface area contributed by atoms with Crippen LogP contribution in [0.1, 0.15) is 42.7 Å². The minimum Gasteiger partial charge on any atom is -0.489 e. The molecule has 116 valence electrons. The van der Waals surface area contributed by atoms with Crippen LogP contribution < -0.4 is 10.5 Å². The Hall–Kier alpha value is -1.80. The maximum atomic E-state index is 5.85. The first-order valence-electron chi connectivity index (χ1n) is 8.32. The maximum Gasteiger partial charge on any atom is 0.119 e. The zero-order chi connectivity index (χ0) is 15.2. The average molecular weight is 295 g/mol. The molecule has 0 amide bonds. The molecule has 2 heteroatoms. The van der Waals surface area contributed by atoms with E-state index in [-0.39, 0.29) is 0 Å². The molecule has 0 radical (unpaired) electrons. The average Bonchev–Trinajstić information content (AvgIpc) is 2.61. The highest BCUT2D eigenvalue weighted by Crippen LogP contribution is 2.35. The molecule has 0 unspecified atom stereocenters. The normalized spacial score (nSPS) is 21.5. The Balaban J connectivity index is 1.54. The molecule has 2 aromatic rings. The van der Waals surface area contributed by atoms with Crippen LogP contribution in [0.2, 0.25) is 0 Å². The molecule has 0 atom stereocenters. The van der Waals surface area contributed by atoms with Crippen LogP contribution in [0.4, 0.5) is 0 Å². The fraction of sp³-hybridized carbons (Fsp3) is 0.400. The van der Waals surface area contributed by atoms with E-state index in [9.17, 15) is 0 Å². The van der Waals surface area contributed by atoms with Gasteiger partial charge in [-0.3, -0.25) is 0 Å². The molecule has 2 N–H and O–H groups in total. The molecule has 0 aromatic heterocycles. The van der Waals surface area contributed by atoms with E-state index in [0.29, 0.717) is 12.5 Å². The second-order valence-corrected chi connectivity index (χ2v) is 6.30. The van der Waals surface area contributed by atoms with Gasteiger partial charge in [0.05, 0.1) is 0 Å². The van der Waals surface area contributed by atoms with Gasteiger partial charge in [-0.2, -0.15) is 0 Å². The first-order valence-corrected chi connectivity index (χ1v) is 8.32. The van der Waals surface area contributed by atoms with Crippen molar-refractivity contribution >= 4 is 0 Å². The van der Waals surface area contributed by atoms with Gasteiger partial charge in [-0.15, -0.1) is 0 Å². The van der Waals surface area contributed by atoms with Crippen molar-refractivity contribution in [3.8, 4) is 5.75 Å². The Bertz CT molecular complexity index is 556. The Morgan fingerprint density at radius 3 is 2.18 bits per heavy atom. The fourth-order valence-electron chi connectivity index (χ4n) is 3.31. The zero-order valence-electron chi connectivity index (χ0n) is 13.1. The summed E-state index contributed by atoms with van der Waals surface area (Å²) in [6.45, 7) is 1.47. The standard InChI is InChI=1S/C20H25NO/c21-14-16-6-8-18(9-7-16)19-10-12-20(13-11-19)22-15-17-4-2-1-3-5-17/h1-5,10-13,16,18H,6-9,14-15,21H2. The molecule has 3 rings (SSSR count). The van der Waals surface area contributed by atoms with Gasteiger partial charge in [0.25, 0.3) is 0 Å². The summed E-state index contributed by atoms with van der Waals surface area (Å²) in [6, 6.07) is 19.0. The lowest BCUT2D eigenvalue weighted by Crippen LogP contribution is -2.20. The predicted octanol–water partition coefficient (Wildman–Crippen LogP) is 4.50. The van der Waals surface area contributed by atoms with Gasteiger partial charge in [0, 0.05) is 0 Å². The van der Waals surface area contributed by atoms with Crippen LogP contribution in [0.5, 0.6) is 5.75 Å². The molecule has 1 aliphatic rings. The number of nitrogens with two attached hydrogens (primary N) is 1. The van der Waals surface area contributed by atoms with Gasteiger partial charge in [-0.1, -0.05) is 42.5 Å². The summed E-state index contributed by atoms with van der Waals surface area (Å²) in [5.41, 5.74) is 8.42. The van der Waals surface area contributed by atoms with Crippen molar-refractivity contribution in [3.05, 3.63) is 65.7 Å². The number of benzene rings is 2. The first-order chi connectivity index (χ1) is 10.8. The van der Waals surface area contributed by atoms with Crippen LogP contribution in [0.3, 0.4) is 0 Å². The molecule has 0 aliphatic heterocycles. The Kier molecular flexibility index (Phi) is 5.12. The van der Waals surface area contributed by atoms with E-state index >= 15 is 0 Å². The predicted molar refractivity (Wildman–Crippen MR) is 91.0 cm³/mol. The molecule has 1 aliphatic carbocycles. The smallest absolute Gasteiger partial charge is 0.119 e. The number of ether oxygens (including phenoxy) is 1. The second-order valence-electron chi connectivity index (χ2n) is 6.30. The van der Waals surface area contributed by atoms with Crippen molar-refractivity contribution in [1.29, 1.82) is 0 Å². The first kappa shape index (κ1) is 15.1. The lowest BCUT2D eigenvalue weighted by atomic mass is 9.79. The van der Waals surface area contributed by atoms with E-state index in [1.807, 2.05) is 18.2 Å². The lowest BCUT2D eigenvalue weighted by Gasteiger charge is -2.28. The van der Waals surface area contributed by atoms with E-state index in [4.69, 9.17) is 10.5 Å². The summed E-state index contributed by atoms with van der Waals surface area (Å²) in [7, 11) is 0. The Morgan fingerprint density at radius 2 is 1.55 bits per heavy atom. The SMILES string of the molecule is NCC1CCC(c2ccc(OCc3ccccc3)cc2)CC1. The van der Waals surface area contributed by atoms with Gasteiger partial charge < -0.3 is 10.5 Å². The van der Waals surface area contributed by atoms with Crippen molar-refractivity contribution < 1.29 is 4.74 Å². The molecule has 0 spiro atoms. The maximum absolute atomic E-state index is 5.85. The van der Waals surface area contributed by atoms with Gasteiger partial charge >= 0.3 is 0 Å². The van der Waals surface area contributed by atoms with Crippen molar-refractivity contribution in [2.45, 2.75) is 38.2 Å². The minimum absolute atomic E-state index is 0.627. The van der Waals surface area contributed by atoms with Gasteiger partial charge in [-0.05, 0) is 67.3 Å². The van der Waals surface area contributed by atoms with E-state index in [1.165, 1.54) is 36.8 Å². The van der Waals surface area contributed by atoms with Gasteiger partial charge in [0.1, 0.15) is 12.4 Å². The van der Waals surface area contributed by atoms with Gasteiger partial charge in [0.15, 0.2) is 0 Å². The van der Waals surface area contributed by atoms with Crippen molar-refractivity contribution in [1.82, 2.24) is 0 Å². The third-order valence-corrected chi connectivity index (χ3v) is 4.78. The molecule has 1 fully saturated rings. The van der Waals surface area contributed by atoms with Crippen LogP contribution in [0, 0.1) is 5.92 Å². The van der Waals surface area contributed by atoms with E-state index in [2.05, 4.69) is 36.4 Å². The molecule has 22 heavy (non-hydrogen) atoms. The monoisotopic (exact) mass is 295 g/mol. The quantitative estimate of drug-likeness (QED) is 0.881. The highest BCUT2D eigenvalue weighted by molar-refractivity contribution is 5.30. The number of rotatable bonds is 5. The van der Waals surface area contributed by atoms with E-state index in [0.717, 1.165) is 18.2 Å². The van der Waals surface area contributed by atoms with Gasteiger partial charge in [-0.25, -0.2) is 0 Å². The van der Waals surface area contributed by atoms with Crippen molar-refractivity contribution in [2.24, 2.45) is 11.7 Å². The van der Waals surface area contributed by atoms with E-state index < -0.39 is 0 Å². The summed E-state index contributed by atoms with van der Waals surface area (Å²) in [6.07, 6.45) is 5.08. The van der Waals surface area contributed by atoms with Crippen LogP contribution in [0.15, 0.2) is 54.6 Å². The van der Waals surface area contributed by atoms with Crippen LogP contribution in [-0.2, 0) is 6.61 Å². The topological polar surface area (TPSA) is 35.2 Å². The largest absolute Gasteiger partial charge is 0.489 e. The van der Waals surface area contributed by atoms with Gasteiger partial charge in [0.2, 0.25) is 0 Å². The zero-order valence-corrected chi connectivity index (χ0v) is 13.1. The minimum atomic E-state index is 0.627. The molecule has 0 saturated heterocycles. The summed E-state index contributed by atoms with van der Waals surface area (Å²) < 4.78 is 5.85. The van der Waals surface area contributed by atoms with E-state index in [1.54, 1.807) is 0 Å². The highest BCUT2D eigenvalue weighted by Gasteiger charge is 2.21. The summed E-state index contributed by atoms with van der Waals surface area (Å²) in [5, 5.41) is 0. The second kappa shape index (κ2) is 7.46. The molecule has 1 saturated carbocycles. The molecule has 0 bridgehead atoms. The summed E-state index contributed by atoms with van der Waals surface area (Å²) in [4.78, 5) is 0. The molecule has 0 heterocycles. The molecular formula is C20H25NO. The molecule has 2 aromatic carbocycles. The number of hydrogen-bond donors (Lipinski definition) is 1. The van der Waals surface area contributed by atoms with Crippen LogP contribution >= 0.6 is 0 Å². The highest BCUT2D eigenvalue weighted by atomic mass is 16.5. The Labute approximate surface area is 133 Å². The summed E-state index contributed by atoms with van der Waals surface area (Å²) >= 11 is 0. The third kappa shape index (κ3) is 3.89. The molecule has 2 nitrogen and oxygen atoms in total. The number of hydrogen-bond acceptors (Lipinski definition) is 2. The van der Waals surface area contributed by atoms with Crippen molar-refractivity contribution in [3.63, 3.8) is 0 Å². The third-order valence-electron chi connectivity index (χ3n) is 4.78. The Morgan fingerprint density at radius 1 is 0.864 bits per heavy atom. The lowest BCUT2D eigenvalue weighted by molar-refractivity contribution is 0.305. The van der Waals surface area contributed by atoms with Crippen LogP contribution in [-0.4, -0.2) is 6.54 Å². The summed E-state index contributed by atoms with van der Waals surface area (Å²) in [5.74, 6) is 2.39. The van der Waals surface area contributed by atoms with Crippen molar-refractivity contribution in [2.75, 3.05) is 6.54 Å². The van der Waals surface area contributed by atoms with Crippen LogP contribution in [0.25, 0.3) is 0 Å². The molecular weight excluding hydrogens is 270 g/mol. The fourth-order valence-corrected chi connectivity index (χ4v) is 3.31.